The van der Waals surface area contributed by atoms with Crippen LogP contribution in [0.5, 0.6) is 11.5 Å². The average molecular weight is 306 g/mol. The lowest BCUT2D eigenvalue weighted by atomic mass is 10.2. The molecule has 1 N–H and O–H groups in total. The lowest BCUT2D eigenvalue weighted by Crippen LogP contribution is -2.24. The van der Waals surface area contributed by atoms with Crippen molar-refractivity contribution >= 4 is 11.3 Å². The number of benzene rings is 1. The zero-order valence-electron chi connectivity index (χ0n) is 13.0. The molecule has 1 aromatic heterocycles. The fourth-order valence-corrected chi connectivity index (χ4v) is 2.73. The minimum atomic E-state index is 0.510. The average Bonchev–Trinajstić information content (AvgIpc) is 3.00. The second-order valence-electron chi connectivity index (χ2n) is 4.90. The zero-order valence-corrected chi connectivity index (χ0v) is 13.8. The molecule has 0 amide bonds. The van der Waals surface area contributed by atoms with Crippen molar-refractivity contribution in [3.05, 3.63) is 29.3 Å². The van der Waals surface area contributed by atoms with Gasteiger partial charge < -0.3 is 14.8 Å². The molecular weight excluding hydrogens is 284 g/mol. The predicted octanol–water partition coefficient (Wildman–Crippen LogP) is 3.72. The molecule has 2 aromatic rings. The Kier molecular flexibility index (Phi) is 5.59. The fourth-order valence-electron chi connectivity index (χ4n) is 1.91. The Bertz CT molecular complexity index is 583. The van der Waals surface area contributed by atoms with Gasteiger partial charge in [0.1, 0.15) is 5.01 Å². The third kappa shape index (κ3) is 3.95. The van der Waals surface area contributed by atoms with Crippen molar-refractivity contribution < 1.29 is 9.47 Å². The van der Waals surface area contributed by atoms with Gasteiger partial charge >= 0.3 is 0 Å². The van der Waals surface area contributed by atoms with Gasteiger partial charge in [-0.2, -0.15) is 0 Å². The molecule has 1 unspecified atom stereocenters. The number of hydrogen-bond donors (Lipinski definition) is 1. The second-order valence-corrected chi connectivity index (χ2v) is 5.76. The van der Waals surface area contributed by atoms with Crippen LogP contribution in [0.1, 0.15) is 26.0 Å². The molecule has 0 aliphatic carbocycles. The molecule has 0 saturated heterocycles. The first-order chi connectivity index (χ1) is 10.2. The van der Waals surface area contributed by atoms with Crippen molar-refractivity contribution in [2.24, 2.45) is 0 Å². The van der Waals surface area contributed by atoms with Crippen molar-refractivity contribution in [1.82, 2.24) is 10.3 Å². The molecule has 0 radical (unpaired) electrons. The molecule has 0 bridgehead atoms. The summed E-state index contributed by atoms with van der Waals surface area (Å²) in [7, 11) is 3.28. The Morgan fingerprint density at radius 2 is 2.00 bits per heavy atom. The van der Waals surface area contributed by atoms with Gasteiger partial charge in [-0.05, 0) is 31.5 Å². The van der Waals surface area contributed by atoms with Gasteiger partial charge in [-0.1, -0.05) is 6.92 Å². The first-order valence-corrected chi connectivity index (χ1v) is 7.96. The minimum absolute atomic E-state index is 0.510. The summed E-state index contributed by atoms with van der Waals surface area (Å²) in [4.78, 5) is 4.68. The molecule has 1 aromatic carbocycles. The molecular formula is C16H22N2O2S. The van der Waals surface area contributed by atoms with E-state index in [2.05, 4.69) is 29.5 Å². The highest BCUT2D eigenvalue weighted by atomic mass is 32.1. The number of methoxy groups -OCH3 is 2. The van der Waals surface area contributed by atoms with Crippen LogP contribution in [0.2, 0.25) is 0 Å². The maximum Gasteiger partial charge on any atom is 0.161 e. The van der Waals surface area contributed by atoms with E-state index in [1.54, 1.807) is 25.6 Å². The van der Waals surface area contributed by atoms with E-state index in [4.69, 9.17) is 9.47 Å². The molecule has 0 saturated carbocycles. The summed E-state index contributed by atoms with van der Waals surface area (Å²) in [6, 6.07) is 6.39. The lowest BCUT2D eigenvalue weighted by Gasteiger charge is -2.09. The van der Waals surface area contributed by atoms with Crippen LogP contribution in [0.15, 0.2) is 23.6 Å². The normalized spacial score (nSPS) is 12.2. The molecule has 114 valence electrons. The minimum Gasteiger partial charge on any atom is -0.493 e. The zero-order chi connectivity index (χ0) is 15.2. The molecule has 0 spiro atoms. The van der Waals surface area contributed by atoms with E-state index in [-0.39, 0.29) is 0 Å². The van der Waals surface area contributed by atoms with Crippen LogP contribution < -0.4 is 14.8 Å². The summed E-state index contributed by atoms with van der Waals surface area (Å²) >= 11 is 1.65. The smallest absolute Gasteiger partial charge is 0.161 e. The van der Waals surface area contributed by atoms with Crippen LogP contribution in [0.3, 0.4) is 0 Å². The molecule has 1 atom stereocenters. The summed E-state index contributed by atoms with van der Waals surface area (Å²) in [5.74, 6) is 1.46. The Morgan fingerprint density at radius 3 is 2.67 bits per heavy atom. The van der Waals surface area contributed by atoms with Gasteiger partial charge in [-0.3, -0.25) is 0 Å². The van der Waals surface area contributed by atoms with Gasteiger partial charge in [0.2, 0.25) is 0 Å². The number of rotatable bonds is 7. The van der Waals surface area contributed by atoms with Crippen LogP contribution in [-0.4, -0.2) is 25.2 Å². The van der Waals surface area contributed by atoms with Gasteiger partial charge in [0.25, 0.3) is 0 Å². The number of hydrogen-bond acceptors (Lipinski definition) is 5. The number of ether oxygens (including phenoxy) is 2. The van der Waals surface area contributed by atoms with Crippen molar-refractivity contribution in [1.29, 1.82) is 0 Å². The fraction of sp³-hybridized carbons (Fsp3) is 0.438. The van der Waals surface area contributed by atoms with E-state index in [0.29, 0.717) is 6.04 Å². The van der Waals surface area contributed by atoms with Crippen molar-refractivity contribution in [3.63, 3.8) is 0 Å². The van der Waals surface area contributed by atoms with Crippen LogP contribution in [0.25, 0.3) is 10.6 Å². The largest absolute Gasteiger partial charge is 0.493 e. The van der Waals surface area contributed by atoms with Crippen LogP contribution >= 0.6 is 11.3 Å². The van der Waals surface area contributed by atoms with Crippen molar-refractivity contribution in [2.75, 3.05) is 14.2 Å². The van der Waals surface area contributed by atoms with Crippen molar-refractivity contribution in [3.8, 4) is 22.1 Å². The SMILES string of the molecule is CCC(C)NCc1csc(-c2ccc(OC)c(OC)c2)n1. The van der Waals surface area contributed by atoms with E-state index >= 15 is 0 Å². The first kappa shape index (κ1) is 15.8. The van der Waals surface area contributed by atoms with Gasteiger partial charge in [0.15, 0.2) is 11.5 Å². The van der Waals surface area contributed by atoms with Crippen molar-refractivity contribution in [2.45, 2.75) is 32.9 Å². The molecule has 21 heavy (non-hydrogen) atoms. The monoisotopic (exact) mass is 306 g/mol. The molecule has 0 aliphatic rings. The van der Waals surface area contributed by atoms with Crippen LogP contribution in [0, 0.1) is 0 Å². The summed E-state index contributed by atoms with van der Waals surface area (Å²) in [5, 5.41) is 6.55. The predicted molar refractivity (Wildman–Crippen MR) is 87.2 cm³/mol. The molecule has 0 aliphatic heterocycles. The standard InChI is InChI=1S/C16H22N2O2S/c1-5-11(2)17-9-13-10-21-16(18-13)12-6-7-14(19-3)15(8-12)20-4/h6-8,10-11,17H,5,9H2,1-4H3. The topological polar surface area (TPSA) is 43.4 Å². The van der Waals surface area contributed by atoms with E-state index < -0.39 is 0 Å². The molecule has 2 rings (SSSR count). The molecule has 1 heterocycles. The third-order valence-corrected chi connectivity index (χ3v) is 4.37. The summed E-state index contributed by atoms with van der Waals surface area (Å²) in [6.45, 7) is 5.16. The number of nitrogens with zero attached hydrogens (tertiary/aromatic N) is 1. The summed E-state index contributed by atoms with van der Waals surface area (Å²) in [5.41, 5.74) is 2.12. The molecule has 5 heteroatoms. The van der Waals surface area contributed by atoms with E-state index in [0.717, 1.165) is 40.7 Å². The highest BCUT2D eigenvalue weighted by Gasteiger charge is 2.10. The summed E-state index contributed by atoms with van der Waals surface area (Å²) < 4.78 is 10.6. The van der Waals surface area contributed by atoms with Gasteiger partial charge in [-0.25, -0.2) is 4.98 Å². The van der Waals surface area contributed by atoms with Gasteiger partial charge in [0.05, 0.1) is 19.9 Å². The molecule has 0 fully saturated rings. The lowest BCUT2D eigenvalue weighted by molar-refractivity contribution is 0.355. The maximum absolute atomic E-state index is 5.34. The Hall–Kier alpha value is -1.59. The van der Waals surface area contributed by atoms with E-state index in [1.165, 1.54) is 0 Å². The number of aromatic nitrogens is 1. The van der Waals surface area contributed by atoms with E-state index in [9.17, 15) is 0 Å². The van der Waals surface area contributed by atoms with Gasteiger partial charge in [0, 0.05) is 23.5 Å². The number of nitrogens with one attached hydrogen (secondary N) is 1. The van der Waals surface area contributed by atoms with E-state index in [1.807, 2.05) is 18.2 Å². The molecule has 4 nitrogen and oxygen atoms in total. The summed E-state index contributed by atoms with van der Waals surface area (Å²) in [6.07, 6.45) is 1.12. The van der Waals surface area contributed by atoms with Crippen LogP contribution in [0.4, 0.5) is 0 Å². The van der Waals surface area contributed by atoms with Crippen LogP contribution in [-0.2, 0) is 6.54 Å². The first-order valence-electron chi connectivity index (χ1n) is 7.08. The quantitative estimate of drug-likeness (QED) is 0.847. The maximum atomic E-state index is 5.34. The number of thiazole rings is 1. The highest BCUT2D eigenvalue weighted by Crippen LogP contribution is 2.33. The second kappa shape index (κ2) is 7.43. The Morgan fingerprint density at radius 1 is 1.24 bits per heavy atom. The van der Waals surface area contributed by atoms with Gasteiger partial charge in [-0.15, -0.1) is 11.3 Å². The Labute approximate surface area is 130 Å². The highest BCUT2D eigenvalue weighted by molar-refractivity contribution is 7.13. The third-order valence-electron chi connectivity index (χ3n) is 3.43. The Balaban J connectivity index is 2.14.